The number of carbonyl (C=O) groups excluding carboxylic acids is 1. The number of benzene rings is 2. The van der Waals surface area contributed by atoms with Gasteiger partial charge in [-0.3, -0.25) is 4.79 Å². The van der Waals surface area contributed by atoms with Gasteiger partial charge in [0.25, 0.3) is 0 Å². The fourth-order valence-corrected chi connectivity index (χ4v) is 2.92. The maximum Gasteiger partial charge on any atom is 0.214 e. The summed E-state index contributed by atoms with van der Waals surface area (Å²) in [6.07, 6.45) is 0. The smallest absolute Gasteiger partial charge is 0.214 e. The quantitative estimate of drug-likeness (QED) is 0.716. The summed E-state index contributed by atoms with van der Waals surface area (Å²) >= 11 is 6.22. The molecule has 0 saturated heterocycles. The molecule has 102 valence electrons. The summed E-state index contributed by atoms with van der Waals surface area (Å²) in [5.41, 5.74) is 2.39. The molecule has 2 N–H and O–H groups in total. The minimum Gasteiger partial charge on any atom is -0.494 e. The van der Waals surface area contributed by atoms with Gasteiger partial charge in [-0.25, -0.2) is 4.99 Å². The van der Waals surface area contributed by atoms with Crippen molar-refractivity contribution in [1.29, 1.82) is 0 Å². The summed E-state index contributed by atoms with van der Waals surface area (Å²) in [6.45, 7) is 0. The van der Waals surface area contributed by atoms with E-state index in [1.165, 1.54) is 0 Å². The summed E-state index contributed by atoms with van der Waals surface area (Å²) in [5, 5.41) is 11.2. The number of aromatic amines is 1. The Hall–Kier alpha value is -2.59. The molecule has 1 aromatic heterocycles. The van der Waals surface area contributed by atoms with Gasteiger partial charge in [0.15, 0.2) is 5.88 Å². The number of Topliss-reactive ketones (excluding diaryl/α,β-unsaturated/α-hetero) is 1. The molecule has 1 aliphatic heterocycles. The molecule has 1 aliphatic rings. The molecule has 2 heterocycles. The second-order valence-corrected chi connectivity index (χ2v) is 5.22. The Kier molecular flexibility index (Phi) is 2.43. The monoisotopic (exact) mass is 296 g/mol. The van der Waals surface area contributed by atoms with Crippen LogP contribution in [0.4, 0.5) is 5.69 Å². The predicted molar refractivity (Wildman–Crippen MR) is 81.9 cm³/mol. The van der Waals surface area contributed by atoms with Crippen molar-refractivity contribution < 1.29 is 9.90 Å². The maximum absolute atomic E-state index is 12.5. The molecular weight excluding hydrogens is 288 g/mol. The zero-order valence-corrected chi connectivity index (χ0v) is 11.5. The van der Waals surface area contributed by atoms with Gasteiger partial charge in [0, 0.05) is 10.9 Å². The lowest BCUT2D eigenvalue weighted by molar-refractivity contribution is 0.107. The normalized spacial score (nSPS) is 13.6. The second kappa shape index (κ2) is 4.20. The standard InChI is InChI=1S/C16H9ClN2O2/c17-9-5-3-7-11-12(9)13(16(21)19-11)14-15(20)8-4-1-2-6-10(8)18-14/h1-7,19,21H. The third kappa shape index (κ3) is 1.63. The van der Waals surface area contributed by atoms with Crippen LogP contribution in [0.3, 0.4) is 0 Å². The van der Waals surface area contributed by atoms with Crippen LogP contribution in [0.5, 0.6) is 5.88 Å². The first-order valence-electron chi connectivity index (χ1n) is 6.39. The first-order valence-corrected chi connectivity index (χ1v) is 6.76. The van der Waals surface area contributed by atoms with E-state index < -0.39 is 0 Å². The Morgan fingerprint density at radius 1 is 1.10 bits per heavy atom. The Morgan fingerprint density at radius 3 is 2.71 bits per heavy atom. The van der Waals surface area contributed by atoms with Crippen LogP contribution in [0.25, 0.3) is 10.9 Å². The van der Waals surface area contributed by atoms with Crippen LogP contribution in [0.1, 0.15) is 15.9 Å². The van der Waals surface area contributed by atoms with E-state index in [9.17, 15) is 9.90 Å². The van der Waals surface area contributed by atoms with Crippen molar-refractivity contribution >= 4 is 39.7 Å². The molecule has 0 bridgehead atoms. The van der Waals surface area contributed by atoms with Crippen LogP contribution in [0.15, 0.2) is 47.5 Å². The first-order chi connectivity index (χ1) is 10.2. The minimum absolute atomic E-state index is 0.0991. The van der Waals surface area contributed by atoms with E-state index in [2.05, 4.69) is 9.98 Å². The van der Waals surface area contributed by atoms with Crippen molar-refractivity contribution in [3.05, 3.63) is 58.6 Å². The van der Waals surface area contributed by atoms with E-state index in [1.54, 1.807) is 36.4 Å². The van der Waals surface area contributed by atoms with Gasteiger partial charge in [-0.15, -0.1) is 0 Å². The Balaban J connectivity index is 2.02. The summed E-state index contributed by atoms with van der Waals surface area (Å²) in [4.78, 5) is 19.7. The van der Waals surface area contributed by atoms with Gasteiger partial charge in [0.05, 0.1) is 21.8 Å². The average Bonchev–Trinajstić information content (AvgIpc) is 2.97. The highest BCUT2D eigenvalue weighted by Gasteiger charge is 2.30. The molecule has 0 atom stereocenters. The number of aromatic nitrogens is 1. The van der Waals surface area contributed by atoms with Gasteiger partial charge in [0.1, 0.15) is 5.71 Å². The summed E-state index contributed by atoms with van der Waals surface area (Å²) in [6, 6.07) is 12.4. The number of hydrogen-bond donors (Lipinski definition) is 2. The first kappa shape index (κ1) is 12.2. The van der Waals surface area contributed by atoms with Crippen molar-refractivity contribution in [2.75, 3.05) is 0 Å². The fraction of sp³-hybridized carbons (Fsp3) is 0. The van der Waals surface area contributed by atoms with E-state index in [0.717, 1.165) is 0 Å². The van der Waals surface area contributed by atoms with E-state index >= 15 is 0 Å². The highest BCUT2D eigenvalue weighted by atomic mass is 35.5. The molecular formula is C16H9ClN2O2. The number of rotatable bonds is 1. The molecule has 0 radical (unpaired) electrons. The molecule has 3 aromatic rings. The van der Waals surface area contributed by atoms with Crippen molar-refractivity contribution in [2.24, 2.45) is 4.99 Å². The Morgan fingerprint density at radius 2 is 1.90 bits per heavy atom. The lowest BCUT2D eigenvalue weighted by atomic mass is 10.0. The van der Waals surface area contributed by atoms with Crippen molar-refractivity contribution in [1.82, 2.24) is 4.98 Å². The largest absolute Gasteiger partial charge is 0.494 e. The highest BCUT2D eigenvalue weighted by molar-refractivity contribution is 6.57. The summed E-state index contributed by atoms with van der Waals surface area (Å²) < 4.78 is 0. The molecule has 0 aliphatic carbocycles. The van der Waals surface area contributed by atoms with Crippen LogP contribution >= 0.6 is 11.6 Å². The number of aromatic hydroxyl groups is 1. The van der Waals surface area contributed by atoms with Gasteiger partial charge in [-0.05, 0) is 24.3 Å². The van der Waals surface area contributed by atoms with Crippen molar-refractivity contribution in [2.45, 2.75) is 0 Å². The zero-order chi connectivity index (χ0) is 14.6. The number of hydrogen-bond acceptors (Lipinski definition) is 3. The van der Waals surface area contributed by atoms with Gasteiger partial charge in [-0.1, -0.05) is 29.8 Å². The Bertz CT molecular complexity index is 941. The molecule has 4 rings (SSSR count). The van der Waals surface area contributed by atoms with Crippen LogP contribution in [-0.4, -0.2) is 21.6 Å². The van der Waals surface area contributed by atoms with Gasteiger partial charge in [-0.2, -0.15) is 0 Å². The molecule has 0 fully saturated rings. The topological polar surface area (TPSA) is 65.4 Å². The van der Waals surface area contributed by atoms with E-state index in [0.29, 0.717) is 32.7 Å². The lowest BCUT2D eigenvalue weighted by Crippen LogP contribution is -2.10. The molecule has 0 saturated carbocycles. The fourth-order valence-electron chi connectivity index (χ4n) is 2.65. The Labute approximate surface area is 124 Å². The summed E-state index contributed by atoms with van der Waals surface area (Å²) in [7, 11) is 0. The van der Waals surface area contributed by atoms with E-state index in [4.69, 9.17) is 11.6 Å². The number of ketones is 1. The van der Waals surface area contributed by atoms with Crippen LogP contribution < -0.4 is 0 Å². The molecule has 4 nitrogen and oxygen atoms in total. The SMILES string of the molecule is O=C1C(c2c(O)[nH]c3cccc(Cl)c23)=Nc2ccccc21. The average molecular weight is 297 g/mol. The van der Waals surface area contributed by atoms with Gasteiger partial charge in [0.2, 0.25) is 5.78 Å². The molecule has 5 heteroatoms. The number of nitrogens with zero attached hydrogens (tertiary/aromatic N) is 1. The number of fused-ring (bicyclic) bond motifs is 2. The predicted octanol–water partition coefficient (Wildman–Crippen LogP) is 3.84. The number of carbonyl (C=O) groups is 1. The zero-order valence-electron chi connectivity index (χ0n) is 10.7. The van der Waals surface area contributed by atoms with Crippen LogP contribution in [0, 0.1) is 0 Å². The molecule has 21 heavy (non-hydrogen) atoms. The third-order valence-electron chi connectivity index (χ3n) is 3.59. The van der Waals surface area contributed by atoms with Gasteiger partial charge < -0.3 is 10.1 Å². The second-order valence-electron chi connectivity index (χ2n) is 4.82. The number of H-pyrrole nitrogens is 1. The van der Waals surface area contributed by atoms with Crippen molar-refractivity contribution in [3.63, 3.8) is 0 Å². The third-order valence-corrected chi connectivity index (χ3v) is 3.90. The number of aliphatic imine (C=N–C) groups is 1. The number of para-hydroxylation sites is 1. The highest BCUT2D eigenvalue weighted by Crippen LogP contribution is 2.37. The van der Waals surface area contributed by atoms with E-state index in [1.807, 2.05) is 6.07 Å². The molecule has 0 spiro atoms. The summed E-state index contributed by atoms with van der Waals surface area (Å²) in [5.74, 6) is -0.306. The maximum atomic E-state index is 12.5. The molecule has 2 aromatic carbocycles. The lowest BCUT2D eigenvalue weighted by Gasteiger charge is -2.00. The van der Waals surface area contributed by atoms with Crippen LogP contribution in [0.2, 0.25) is 5.02 Å². The van der Waals surface area contributed by atoms with E-state index in [-0.39, 0.29) is 17.4 Å². The number of halogens is 1. The van der Waals surface area contributed by atoms with Crippen molar-refractivity contribution in [3.8, 4) is 5.88 Å². The van der Waals surface area contributed by atoms with Crippen LogP contribution in [-0.2, 0) is 0 Å². The number of nitrogens with one attached hydrogen (secondary N) is 1. The van der Waals surface area contributed by atoms with Gasteiger partial charge >= 0.3 is 0 Å². The molecule has 0 amide bonds. The minimum atomic E-state index is -0.207. The molecule has 0 unspecified atom stereocenters.